The first kappa shape index (κ1) is 8.10. The zero-order chi connectivity index (χ0) is 9.42. The largest absolute Gasteiger partial charge is 0.369 e. The fourth-order valence-corrected chi connectivity index (χ4v) is 1.41. The van der Waals surface area contributed by atoms with Gasteiger partial charge in [-0.25, -0.2) is 0 Å². The minimum Gasteiger partial charge on any atom is -0.369 e. The SMILES string of the molecule is Cc1cc(N2CC(C(N)=O)C2)n[nH]1. The molecule has 0 saturated carbocycles. The monoisotopic (exact) mass is 180 g/mol. The molecule has 1 aromatic heterocycles. The van der Waals surface area contributed by atoms with Gasteiger partial charge in [0.2, 0.25) is 5.91 Å². The standard InChI is InChI=1S/C8H12N4O/c1-5-2-7(11-10-5)12-3-6(4-12)8(9)13/h2,6H,3-4H2,1H3,(H2,9,13)(H,10,11). The van der Waals surface area contributed by atoms with E-state index < -0.39 is 0 Å². The Hall–Kier alpha value is -1.52. The molecule has 0 radical (unpaired) electrons. The molecular weight excluding hydrogens is 168 g/mol. The van der Waals surface area contributed by atoms with Gasteiger partial charge in [0.15, 0.2) is 5.82 Å². The van der Waals surface area contributed by atoms with Crippen molar-refractivity contribution in [2.45, 2.75) is 6.92 Å². The molecule has 5 heteroatoms. The highest BCUT2D eigenvalue weighted by atomic mass is 16.1. The predicted molar refractivity (Wildman–Crippen MR) is 48.2 cm³/mol. The lowest BCUT2D eigenvalue weighted by Crippen LogP contribution is -2.52. The van der Waals surface area contributed by atoms with Crippen molar-refractivity contribution in [1.29, 1.82) is 0 Å². The molecule has 1 aromatic rings. The van der Waals surface area contributed by atoms with Crippen LogP contribution in [0.25, 0.3) is 0 Å². The fraction of sp³-hybridized carbons (Fsp3) is 0.500. The quantitative estimate of drug-likeness (QED) is 0.652. The van der Waals surface area contributed by atoms with E-state index in [1.54, 1.807) is 0 Å². The average Bonchev–Trinajstić information content (AvgIpc) is 2.31. The molecule has 3 N–H and O–H groups in total. The van der Waals surface area contributed by atoms with Crippen molar-refractivity contribution in [1.82, 2.24) is 10.2 Å². The van der Waals surface area contributed by atoms with Crippen molar-refractivity contribution in [3.63, 3.8) is 0 Å². The summed E-state index contributed by atoms with van der Waals surface area (Å²) in [5, 5.41) is 6.93. The molecule has 1 aliphatic rings. The van der Waals surface area contributed by atoms with Crippen molar-refractivity contribution in [3.8, 4) is 0 Å². The number of aryl methyl sites for hydroxylation is 1. The fourth-order valence-electron chi connectivity index (χ4n) is 1.41. The van der Waals surface area contributed by atoms with Gasteiger partial charge in [0.25, 0.3) is 0 Å². The third-order valence-electron chi connectivity index (χ3n) is 2.30. The Kier molecular flexibility index (Phi) is 1.72. The summed E-state index contributed by atoms with van der Waals surface area (Å²) in [5.41, 5.74) is 6.17. The molecule has 1 fully saturated rings. The van der Waals surface area contributed by atoms with E-state index >= 15 is 0 Å². The number of amides is 1. The highest BCUT2D eigenvalue weighted by Gasteiger charge is 2.32. The number of nitrogens with two attached hydrogens (primary N) is 1. The van der Waals surface area contributed by atoms with E-state index in [-0.39, 0.29) is 11.8 Å². The number of nitrogens with one attached hydrogen (secondary N) is 1. The summed E-state index contributed by atoms with van der Waals surface area (Å²) >= 11 is 0. The smallest absolute Gasteiger partial charge is 0.224 e. The Morgan fingerprint density at radius 2 is 2.46 bits per heavy atom. The summed E-state index contributed by atoms with van der Waals surface area (Å²) in [4.78, 5) is 12.8. The molecule has 0 aromatic carbocycles. The second-order valence-corrected chi connectivity index (χ2v) is 3.41. The van der Waals surface area contributed by atoms with Gasteiger partial charge in [-0.2, -0.15) is 5.10 Å². The van der Waals surface area contributed by atoms with E-state index in [0.717, 1.165) is 11.5 Å². The van der Waals surface area contributed by atoms with Crippen LogP contribution in [-0.2, 0) is 4.79 Å². The molecule has 2 heterocycles. The highest BCUT2D eigenvalue weighted by Crippen LogP contribution is 2.22. The van der Waals surface area contributed by atoms with Gasteiger partial charge in [-0.15, -0.1) is 0 Å². The van der Waals surface area contributed by atoms with Crippen LogP contribution in [0.5, 0.6) is 0 Å². The number of H-pyrrole nitrogens is 1. The topological polar surface area (TPSA) is 75.0 Å². The van der Waals surface area contributed by atoms with Crippen LogP contribution < -0.4 is 10.6 Å². The first-order chi connectivity index (χ1) is 6.16. The van der Waals surface area contributed by atoms with E-state index in [2.05, 4.69) is 10.2 Å². The maximum absolute atomic E-state index is 10.7. The van der Waals surface area contributed by atoms with E-state index in [0.29, 0.717) is 13.1 Å². The molecule has 0 bridgehead atoms. The maximum atomic E-state index is 10.7. The molecule has 70 valence electrons. The molecule has 2 rings (SSSR count). The average molecular weight is 180 g/mol. The van der Waals surface area contributed by atoms with Crippen molar-refractivity contribution in [2.75, 3.05) is 18.0 Å². The number of hydrogen-bond donors (Lipinski definition) is 2. The molecule has 1 saturated heterocycles. The normalized spacial score (nSPS) is 17.2. The van der Waals surface area contributed by atoms with Crippen LogP contribution in [0.1, 0.15) is 5.69 Å². The first-order valence-electron chi connectivity index (χ1n) is 4.23. The van der Waals surface area contributed by atoms with E-state index in [4.69, 9.17) is 5.73 Å². The Morgan fingerprint density at radius 1 is 1.77 bits per heavy atom. The number of aromatic nitrogens is 2. The lowest BCUT2D eigenvalue weighted by molar-refractivity contribution is -0.122. The first-order valence-corrected chi connectivity index (χ1v) is 4.23. The summed E-state index contributed by atoms with van der Waals surface area (Å²) < 4.78 is 0. The van der Waals surface area contributed by atoms with Gasteiger partial charge in [-0.3, -0.25) is 9.89 Å². The Bertz CT molecular complexity index is 327. The summed E-state index contributed by atoms with van der Waals surface area (Å²) in [6, 6.07) is 1.96. The van der Waals surface area contributed by atoms with Crippen LogP contribution in [-0.4, -0.2) is 29.2 Å². The van der Waals surface area contributed by atoms with Crippen molar-refractivity contribution >= 4 is 11.7 Å². The lowest BCUT2D eigenvalue weighted by atomic mass is 10.00. The minimum absolute atomic E-state index is 0.00277. The highest BCUT2D eigenvalue weighted by molar-refractivity contribution is 5.79. The molecule has 0 spiro atoms. The molecule has 0 aliphatic carbocycles. The third-order valence-corrected chi connectivity index (χ3v) is 2.30. The van der Waals surface area contributed by atoms with E-state index in [1.165, 1.54) is 0 Å². The van der Waals surface area contributed by atoms with Crippen LogP contribution in [0.15, 0.2) is 6.07 Å². The number of carbonyl (C=O) groups is 1. The van der Waals surface area contributed by atoms with Gasteiger partial charge in [-0.1, -0.05) is 0 Å². The minimum atomic E-state index is -0.219. The molecular formula is C8H12N4O. The van der Waals surface area contributed by atoms with Gasteiger partial charge in [0.1, 0.15) is 0 Å². The zero-order valence-electron chi connectivity index (χ0n) is 7.45. The van der Waals surface area contributed by atoms with E-state index in [9.17, 15) is 4.79 Å². The van der Waals surface area contributed by atoms with Crippen molar-refractivity contribution in [2.24, 2.45) is 11.7 Å². The number of aromatic amines is 1. The second-order valence-electron chi connectivity index (χ2n) is 3.41. The maximum Gasteiger partial charge on any atom is 0.224 e. The van der Waals surface area contributed by atoms with Gasteiger partial charge in [-0.05, 0) is 6.92 Å². The number of hydrogen-bond acceptors (Lipinski definition) is 3. The van der Waals surface area contributed by atoms with Gasteiger partial charge in [0.05, 0.1) is 5.92 Å². The molecule has 1 aliphatic heterocycles. The number of anilines is 1. The Labute approximate surface area is 75.9 Å². The summed E-state index contributed by atoms with van der Waals surface area (Å²) in [6.07, 6.45) is 0. The molecule has 13 heavy (non-hydrogen) atoms. The van der Waals surface area contributed by atoms with Crippen LogP contribution in [0, 0.1) is 12.8 Å². The lowest BCUT2D eigenvalue weighted by Gasteiger charge is -2.37. The molecule has 0 atom stereocenters. The molecule has 5 nitrogen and oxygen atoms in total. The number of nitrogens with zero attached hydrogens (tertiary/aromatic N) is 2. The van der Waals surface area contributed by atoms with Crippen molar-refractivity contribution < 1.29 is 4.79 Å². The third kappa shape index (κ3) is 1.37. The van der Waals surface area contributed by atoms with Crippen LogP contribution >= 0.6 is 0 Å². The van der Waals surface area contributed by atoms with Gasteiger partial charge >= 0.3 is 0 Å². The summed E-state index contributed by atoms with van der Waals surface area (Å²) in [7, 11) is 0. The number of carbonyl (C=O) groups excluding carboxylic acids is 1. The summed E-state index contributed by atoms with van der Waals surface area (Å²) in [5.74, 6) is 0.676. The van der Waals surface area contributed by atoms with Crippen molar-refractivity contribution in [3.05, 3.63) is 11.8 Å². The van der Waals surface area contributed by atoms with Crippen LogP contribution in [0.2, 0.25) is 0 Å². The van der Waals surface area contributed by atoms with Crippen LogP contribution in [0.4, 0.5) is 5.82 Å². The predicted octanol–water partition coefficient (Wildman–Crippen LogP) is -0.360. The Balaban J connectivity index is 1.97. The number of primary amides is 1. The second kappa shape index (κ2) is 2.76. The van der Waals surface area contributed by atoms with Gasteiger partial charge in [0, 0.05) is 24.8 Å². The number of rotatable bonds is 2. The van der Waals surface area contributed by atoms with Crippen LogP contribution in [0.3, 0.4) is 0 Å². The summed E-state index contributed by atoms with van der Waals surface area (Å²) in [6.45, 7) is 3.33. The molecule has 0 unspecified atom stereocenters. The molecule has 1 amide bonds. The Morgan fingerprint density at radius 3 is 2.92 bits per heavy atom. The van der Waals surface area contributed by atoms with E-state index in [1.807, 2.05) is 17.9 Å². The van der Waals surface area contributed by atoms with Gasteiger partial charge < -0.3 is 10.6 Å². The zero-order valence-corrected chi connectivity index (χ0v) is 7.45.